The Kier molecular flexibility index (Phi) is 5.53. The van der Waals surface area contributed by atoms with Crippen LogP contribution in [0.3, 0.4) is 0 Å². The monoisotopic (exact) mass is 320 g/mol. The average molecular weight is 321 g/mol. The molecule has 1 amide bonds. The SMILES string of the molecule is CC(=O)N[C@H]1CCCN(Cc2ccc(C3CCCCC3)s2)C1. The summed E-state index contributed by atoms with van der Waals surface area (Å²) in [5.41, 5.74) is 0. The number of hydrogen-bond donors (Lipinski definition) is 1. The van der Waals surface area contributed by atoms with Crippen LogP contribution in [0.1, 0.15) is 67.5 Å². The maximum absolute atomic E-state index is 11.2. The summed E-state index contributed by atoms with van der Waals surface area (Å²) >= 11 is 2.02. The van der Waals surface area contributed by atoms with Crippen molar-refractivity contribution in [2.24, 2.45) is 0 Å². The van der Waals surface area contributed by atoms with Crippen LogP contribution in [0.25, 0.3) is 0 Å². The summed E-state index contributed by atoms with van der Waals surface area (Å²) in [5.74, 6) is 0.920. The van der Waals surface area contributed by atoms with Gasteiger partial charge in [0.15, 0.2) is 0 Å². The third-order valence-electron chi connectivity index (χ3n) is 4.98. The van der Waals surface area contributed by atoms with Gasteiger partial charge in [0.1, 0.15) is 0 Å². The Hall–Kier alpha value is -0.870. The molecule has 4 heteroatoms. The zero-order valence-corrected chi connectivity index (χ0v) is 14.5. The number of carbonyl (C=O) groups excluding carboxylic acids is 1. The summed E-state index contributed by atoms with van der Waals surface area (Å²) in [7, 11) is 0. The van der Waals surface area contributed by atoms with Crippen LogP contribution in [-0.2, 0) is 11.3 Å². The van der Waals surface area contributed by atoms with Crippen molar-refractivity contribution in [2.75, 3.05) is 13.1 Å². The summed E-state index contributed by atoms with van der Waals surface area (Å²) in [6.07, 6.45) is 9.31. The topological polar surface area (TPSA) is 32.3 Å². The van der Waals surface area contributed by atoms with Crippen molar-refractivity contribution in [3.8, 4) is 0 Å². The average Bonchev–Trinajstić information content (AvgIpc) is 2.96. The summed E-state index contributed by atoms with van der Waals surface area (Å²) in [6, 6.07) is 5.03. The maximum atomic E-state index is 11.2. The first-order chi connectivity index (χ1) is 10.7. The van der Waals surface area contributed by atoms with E-state index in [0.29, 0.717) is 6.04 Å². The number of amides is 1. The summed E-state index contributed by atoms with van der Waals surface area (Å²) < 4.78 is 0. The number of rotatable bonds is 4. The molecule has 1 aromatic heterocycles. The number of hydrogen-bond acceptors (Lipinski definition) is 3. The molecule has 122 valence electrons. The molecule has 3 rings (SSSR count). The lowest BCUT2D eigenvalue weighted by Crippen LogP contribution is -2.46. The second-order valence-electron chi connectivity index (χ2n) is 6.91. The van der Waals surface area contributed by atoms with Crippen LogP contribution in [0.2, 0.25) is 0 Å². The van der Waals surface area contributed by atoms with Gasteiger partial charge in [-0.3, -0.25) is 9.69 Å². The fraction of sp³-hybridized carbons (Fsp3) is 0.722. The highest BCUT2D eigenvalue weighted by atomic mass is 32.1. The zero-order chi connectivity index (χ0) is 15.4. The lowest BCUT2D eigenvalue weighted by Gasteiger charge is -2.32. The molecule has 2 aliphatic rings. The van der Waals surface area contributed by atoms with Gasteiger partial charge in [-0.15, -0.1) is 11.3 Å². The first kappa shape index (κ1) is 16.0. The molecule has 1 saturated heterocycles. The highest BCUT2D eigenvalue weighted by Gasteiger charge is 2.22. The molecule has 0 bridgehead atoms. The van der Waals surface area contributed by atoms with Crippen LogP contribution in [0.4, 0.5) is 0 Å². The van der Waals surface area contributed by atoms with Gasteiger partial charge < -0.3 is 5.32 Å². The van der Waals surface area contributed by atoms with E-state index in [1.165, 1.54) is 43.4 Å². The molecule has 1 aromatic rings. The van der Waals surface area contributed by atoms with E-state index < -0.39 is 0 Å². The van der Waals surface area contributed by atoms with Crippen LogP contribution >= 0.6 is 11.3 Å². The van der Waals surface area contributed by atoms with Crippen LogP contribution in [0.5, 0.6) is 0 Å². The molecular weight excluding hydrogens is 292 g/mol. The number of carbonyl (C=O) groups is 1. The molecule has 1 aliphatic heterocycles. The van der Waals surface area contributed by atoms with Gasteiger partial charge in [-0.25, -0.2) is 0 Å². The Morgan fingerprint density at radius 2 is 2.05 bits per heavy atom. The van der Waals surface area contributed by atoms with E-state index in [2.05, 4.69) is 22.3 Å². The van der Waals surface area contributed by atoms with E-state index in [0.717, 1.165) is 32.0 Å². The quantitative estimate of drug-likeness (QED) is 0.912. The Bertz CT molecular complexity index is 493. The Morgan fingerprint density at radius 3 is 2.82 bits per heavy atom. The van der Waals surface area contributed by atoms with Gasteiger partial charge in [0.05, 0.1) is 0 Å². The fourth-order valence-corrected chi connectivity index (χ4v) is 5.14. The third-order valence-corrected chi connectivity index (χ3v) is 6.21. The molecule has 0 aromatic carbocycles. The first-order valence-electron chi connectivity index (χ1n) is 8.79. The van der Waals surface area contributed by atoms with Crippen molar-refractivity contribution < 1.29 is 4.79 Å². The third kappa shape index (κ3) is 4.32. The second-order valence-corrected chi connectivity index (χ2v) is 8.11. The normalized spacial score (nSPS) is 24.3. The Labute approximate surface area is 138 Å². The molecular formula is C18H28N2OS. The molecule has 2 fully saturated rings. The van der Waals surface area contributed by atoms with Crippen molar-refractivity contribution >= 4 is 17.2 Å². The molecule has 22 heavy (non-hydrogen) atoms. The van der Waals surface area contributed by atoms with E-state index in [4.69, 9.17) is 0 Å². The van der Waals surface area contributed by atoms with Gasteiger partial charge in [-0.2, -0.15) is 0 Å². The van der Waals surface area contributed by atoms with E-state index in [1.54, 1.807) is 11.8 Å². The smallest absolute Gasteiger partial charge is 0.217 e. The van der Waals surface area contributed by atoms with Crippen molar-refractivity contribution in [1.82, 2.24) is 10.2 Å². The van der Waals surface area contributed by atoms with Gasteiger partial charge in [-0.05, 0) is 50.3 Å². The van der Waals surface area contributed by atoms with Crippen LogP contribution < -0.4 is 5.32 Å². The predicted molar refractivity (Wildman–Crippen MR) is 92.3 cm³/mol. The molecule has 1 atom stereocenters. The van der Waals surface area contributed by atoms with Crippen LogP contribution in [0.15, 0.2) is 12.1 Å². The number of nitrogens with one attached hydrogen (secondary N) is 1. The van der Waals surface area contributed by atoms with Gasteiger partial charge in [0.25, 0.3) is 0 Å². The molecule has 1 saturated carbocycles. The standard InChI is InChI=1S/C18H28N2OS/c1-14(21)19-16-8-5-11-20(12-16)13-17-9-10-18(22-17)15-6-3-2-4-7-15/h9-10,15-16H,2-8,11-13H2,1H3,(H,19,21)/t16-/m0/s1. The molecule has 1 aliphatic carbocycles. The predicted octanol–water partition coefficient (Wildman–Crippen LogP) is 3.90. The van der Waals surface area contributed by atoms with Crippen LogP contribution in [0, 0.1) is 0 Å². The van der Waals surface area contributed by atoms with Gasteiger partial charge in [-0.1, -0.05) is 19.3 Å². The molecule has 1 N–H and O–H groups in total. The Balaban J connectivity index is 1.54. The maximum Gasteiger partial charge on any atom is 0.217 e. The molecule has 3 nitrogen and oxygen atoms in total. The van der Waals surface area contributed by atoms with E-state index >= 15 is 0 Å². The molecule has 0 unspecified atom stereocenters. The van der Waals surface area contributed by atoms with Crippen molar-refractivity contribution in [1.29, 1.82) is 0 Å². The first-order valence-corrected chi connectivity index (χ1v) is 9.60. The molecule has 2 heterocycles. The zero-order valence-electron chi connectivity index (χ0n) is 13.6. The lowest BCUT2D eigenvalue weighted by molar-refractivity contribution is -0.120. The summed E-state index contributed by atoms with van der Waals surface area (Å²) in [4.78, 5) is 16.8. The van der Waals surface area contributed by atoms with E-state index in [-0.39, 0.29) is 5.91 Å². The van der Waals surface area contributed by atoms with Gasteiger partial charge >= 0.3 is 0 Å². The number of thiophene rings is 1. The van der Waals surface area contributed by atoms with Crippen LogP contribution in [-0.4, -0.2) is 29.9 Å². The molecule has 0 radical (unpaired) electrons. The van der Waals surface area contributed by atoms with Gasteiger partial charge in [0.2, 0.25) is 5.91 Å². The number of piperidine rings is 1. The highest BCUT2D eigenvalue weighted by molar-refractivity contribution is 7.12. The molecule has 0 spiro atoms. The minimum atomic E-state index is 0.0996. The number of likely N-dealkylation sites (tertiary alicyclic amines) is 1. The van der Waals surface area contributed by atoms with Crippen molar-refractivity contribution in [3.05, 3.63) is 21.9 Å². The lowest BCUT2D eigenvalue weighted by atomic mass is 9.88. The van der Waals surface area contributed by atoms with E-state index in [9.17, 15) is 4.79 Å². The summed E-state index contributed by atoms with van der Waals surface area (Å²) in [5, 5.41) is 3.08. The highest BCUT2D eigenvalue weighted by Crippen LogP contribution is 2.36. The minimum Gasteiger partial charge on any atom is -0.352 e. The fourth-order valence-electron chi connectivity index (χ4n) is 3.91. The minimum absolute atomic E-state index is 0.0996. The van der Waals surface area contributed by atoms with Gasteiger partial charge in [0, 0.05) is 35.8 Å². The van der Waals surface area contributed by atoms with Crippen molar-refractivity contribution in [3.63, 3.8) is 0 Å². The number of nitrogens with zero attached hydrogens (tertiary/aromatic N) is 1. The van der Waals surface area contributed by atoms with E-state index in [1.807, 2.05) is 11.3 Å². The largest absolute Gasteiger partial charge is 0.352 e. The Morgan fingerprint density at radius 1 is 1.23 bits per heavy atom. The summed E-state index contributed by atoms with van der Waals surface area (Å²) in [6.45, 7) is 4.82. The second kappa shape index (κ2) is 7.60. The van der Waals surface area contributed by atoms with Crippen molar-refractivity contribution in [2.45, 2.75) is 70.4 Å².